The summed E-state index contributed by atoms with van der Waals surface area (Å²) in [6.07, 6.45) is -0.00718. The number of aliphatic carboxylic acids is 1. The van der Waals surface area contributed by atoms with Gasteiger partial charge in [-0.25, -0.2) is 9.18 Å². The Bertz CT molecular complexity index is 1900. The zero-order valence-electron chi connectivity index (χ0n) is 23.1. The molecule has 0 saturated carbocycles. The number of carbonyl (C=O) groups is 2. The van der Waals surface area contributed by atoms with Gasteiger partial charge < -0.3 is 14.8 Å². The van der Waals surface area contributed by atoms with Crippen molar-refractivity contribution in [3.05, 3.63) is 132 Å². The zero-order chi connectivity index (χ0) is 29.8. The molecule has 6 aromatic rings. The first-order chi connectivity index (χ1) is 20.9. The van der Waals surface area contributed by atoms with Gasteiger partial charge in [0, 0.05) is 27.8 Å². The van der Waals surface area contributed by atoms with Crippen molar-refractivity contribution < 1.29 is 23.5 Å². The summed E-state index contributed by atoms with van der Waals surface area (Å²) < 4.78 is 19.3. The average molecular weight is 590 g/mol. The summed E-state index contributed by atoms with van der Waals surface area (Å²) in [5.74, 6) is -1.05. The molecule has 5 nitrogen and oxygen atoms in total. The predicted molar refractivity (Wildman–Crippen MR) is 170 cm³/mol. The molecule has 0 aliphatic heterocycles. The Hall–Kier alpha value is -4.88. The number of amides is 1. The van der Waals surface area contributed by atoms with Gasteiger partial charge in [0.05, 0.1) is 6.42 Å². The van der Waals surface area contributed by atoms with E-state index in [1.165, 1.54) is 36.0 Å². The van der Waals surface area contributed by atoms with Gasteiger partial charge in [-0.2, -0.15) is 11.8 Å². The molecule has 0 spiro atoms. The lowest BCUT2D eigenvalue weighted by atomic mass is 9.98. The van der Waals surface area contributed by atoms with Crippen LogP contribution in [0.15, 0.2) is 120 Å². The maximum absolute atomic E-state index is 13.1. The third-order valence-electron chi connectivity index (χ3n) is 7.35. The minimum absolute atomic E-state index is 0.00718. The summed E-state index contributed by atoms with van der Waals surface area (Å²) >= 11 is 1.44. The van der Waals surface area contributed by atoms with Gasteiger partial charge in [0.1, 0.15) is 23.0 Å². The van der Waals surface area contributed by atoms with E-state index in [0.717, 1.165) is 49.8 Å². The number of thioether (sulfide) groups is 1. The second-order valence-corrected chi connectivity index (χ2v) is 11.4. The molecule has 0 aliphatic carbocycles. The Morgan fingerprint density at radius 2 is 1.37 bits per heavy atom. The van der Waals surface area contributed by atoms with E-state index in [1.54, 1.807) is 0 Å². The second-order valence-electron chi connectivity index (χ2n) is 10.3. The molecule has 0 fully saturated rings. The molecule has 1 atom stereocenters. The maximum Gasteiger partial charge on any atom is 0.327 e. The Labute approximate surface area is 252 Å². The van der Waals surface area contributed by atoms with E-state index < -0.39 is 17.9 Å². The van der Waals surface area contributed by atoms with E-state index >= 15 is 0 Å². The molecule has 0 aliphatic rings. The molecule has 6 rings (SSSR count). The van der Waals surface area contributed by atoms with E-state index in [1.807, 2.05) is 30.3 Å². The molecule has 1 aromatic heterocycles. The SMILES string of the molecule is O=C(Cc1ccc(F)cc1)NC(CSCc1ccc(-c2ccc(-c3cccc4c3oc3ccccc34)cc2)cc1)C(=O)O. The summed E-state index contributed by atoms with van der Waals surface area (Å²) in [6.45, 7) is 0. The molecule has 214 valence electrons. The van der Waals surface area contributed by atoms with Crippen molar-refractivity contribution in [1.82, 2.24) is 5.32 Å². The lowest BCUT2D eigenvalue weighted by molar-refractivity contribution is -0.141. The third-order valence-corrected chi connectivity index (χ3v) is 8.46. The lowest BCUT2D eigenvalue weighted by Gasteiger charge is -2.14. The number of carboxylic acids is 1. The molecule has 0 radical (unpaired) electrons. The number of fused-ring (bicyclic) bond motifs is 3. The summed E-state index contributed by atoms with van der Waals surface area (Å²) in [6, 6.07) is 35.5. The number of nitrogens with one attached hydrogen (secondary N) is 1. The molecular formula is C36H28FNO4S. The second kappa shape index (κ2) is 12.5. The van der Waals surface area contributed by atoms with Gasteiger partial charge in [-0.05, 0) is 46.0 Å². The quantitative estimate of drug-likeness (QED) is 0.169. The van der Waals surface area contributed by atoms with E-state index in [2.05, 4.69) is 66.0 Å². The number of carboxylic acid groups (broad SMARTS) is 1. The normalized spacial score (nSPS) is 11.9. The Balaban J connectivity index is 1.06. The highest BCUT2D eigenvalue weighted by atomic mass is 32.2. The van der Waals surface area contributed by atoms with Gasteiger partial charge in [-0.1, -0.05) is 97.1 Å². The summed E-state index contributed by atoms with van der Waals surface area (Å²) in [4.78, 5) is 24.0. The van der Waals surface area contributed by atoms with Gasteiger partial charge in [0.25, 0.3) is 0 Å². The first-order valence-electron chi connectivity index (χ1n) is 13.9. The van der Waals surface area contributed by atoms with Gasteiger partial charge >= 0.3 is 5.97 Å². The van der Waals surface area contributed by atoms with Crippen molar-refractivity contribution in [1.29, 1.82) is 0 Å². The number of halogens is 1. The monoisotopic (exact) mass is 589 g/mol. The number of hydrogen-bond acceptors (Lipinski definition) is 4. The number of furan rings is 1. The van der Waals surface area contributed by atoms with E-state index in [4.69, 9.17) is 4.42 Å². The first-order valence-corrected chi connectivity index (χ1v) is 15.0. The lowest BCUT2D eigenvalue weighted by Crippen LogP contribution is -2.43. The highest BCUT2D eigenvalue weighted by Crippen LogP contribution is 2.36. The van der Waals surface area contributed by atoms with Crippen LogP contribution < -0.4 is 5.32 Å². The topological polar surface area (TPSA) is 79.5 Å². The molecule has 0 bridgehead atoms. The van der Waals surface area contributed by atoms with Crippen LogP contribution in [0.4, 0.5) is 4.39 Å². The fourth-order valence-electron chi connectivity index (χ4n) is 5.11. The summed E-state index contributed by atoms with van der Waals surface area (Å²) in [5, 5.41) is 14.4. The van der Waals surface area contributed by atoms with Crippen LogP contribution in [0.5, 0.6) is 0 Å². The van der Waals surface area contributed by atoms with Crippen molar-refractivity contribution in [2.24, 2.45) is 0 Å². The summed E-state index contributed by atoms with van der Waals surface area (Å²) in [7, 11) is 0. The minimum atomic E-state index is -1.09. The fourth-order valence-corrected chi connectivity index (χ4v) is 6.12. The first kappa shape index (κ1) is 28.2. The van der Waals surface area contributed by atoms with E-state index in [9.17, 15) is 19.1 Å². The molecule has 1 unspecified atom stereocenters. The van der Waals surface area contributed by atoms with Crippen LogP contribution >= 0.6 is 11.8 Å². The molecule has 1 amide bonds. The minimum Gasteiger partial charge on any atom is -0.480 e. The molecule has 2 N–H and O–H groups in total. The largest absolute Gasteiger partial charge is 0.480 e. The van der Waals surface area contributed by atoms with Crippen molar-refractivity contribution >= 4 is 45.6 Å². The third kappa shape index (κ3) is 6.47. The molecule has 43 heavy (non-hydrogen) atoms. The number of benzene rings is 5. The Morgan fingerprint density at radius 3 is 2.09 bits per heavy atom. The van der Waals surface area contributed by atoms with E-state index in [0.29, 0.717) is 11.3 Å². The van der Waals surface area contributed by atoms with Gasteiger partial charge in [0.15, 0.2) is 0 Å². The van der Waals surface area contributed by atoms with Crippen LogP contribution in [0.25, 0.3) is 44.2 Å². The average Bonchev–Trinajstić information content (AvgIpc) is 3.41. The molecule has 0 saturated heterocycles. The summed E-state index contributed by atoms with van der Waals surface area (Å²) in [5.41, 5.74) is 7.75. The number of rotatable bonds is 10. The van der Waals surface area contributed by atoms with Gasteiger partial charge in [-0.15, -0.1) is 0 Å². The van der Waals surface area contributed by atoms with Gasteiger partial charge in [0.2, 0.25) is 5.91 Å². The van der Waals surface area contributed by atoms with E-state index in [-0.39, 0.29) is 18.0 Å². The number of hydrogen-bond donors (Lipinski definition) is 2. The van der Waals surface area contributed by atoms with Crippen LogP contribution in [-0.4, -0.2) is 28.8 Å². The highest BCUT2D eigenvalue weighted by molar-refractivity contribution is 7.98. The van der Waals surface area contributed by atoms with Gasteiger partial charge in [-0.3, -0.25) is 4.79 Å². The smallest absolute Gasteiger partial charge is 0.327 e. The van der Waals surface area contributed by atoms with Crippen LogP contribution in [0.2, 0.25) is 0 Å². The molecular weight excluding hydrogens is 561 g/mol. The molecule has 7 heteroatoms. The maximum atomic E-state index is 13.1. The molecule has 5 aromatic carbocycles. The van der Waals surface area contributed by atoms with Crippen molar-refractivity contribution in [3.63, 3.8) is 0 Å². The van der Waals surface area contributed by atoms with Crippen molar-refractivity contribution in [2.75, 3.05) is 5.75 Å². The number of carbonyl (C=O) groups excluding carboxylic acids is 1. The van der Waals surface area contributed by atoms with Crippen molar-refractivity contribution in [3.8, 4) is 22.3 Å². The van der Waals surface area contributed by atoms with Crippen molar-refractivity contribution in [2.45, 2.75) is 18.2 Å². The highest BCUT2D eigenvalue weighted by Gasteiger charge is 2.20. The standard InChI is InChI=1S/C36H28FNO4S/c37-28-18-10-23(11-19-28)20-34(39)38-32(36(40)41)22-43-21-24-8-12-25(13-9-24)26-14-16-27(17-15-26)29-5-3-6-31-30-4-1-2-7-33(30)42-35(29)31/h1-19,32H,20-22H2,(H,38,39)(H,40,41). The zero-order valence-corrected chi connectivity index (χ0v) is 23.9. The van der Waals surface area contributed by atoms with Crippen LogP contribution in [0, 0.1) is 5.82 Å². The molecule has 1 heterocycles. The Morgan fingerprint density at radius 1 is 0.744 bits per heavy atom. The fraction of sp³-hybridized carbons (Fsp3) is 0.111. The van der Waals surface area contributed by atoms with Crippen LogP contribution in [0.1, 0.15) is 11.1 Å². The van der Waals surface area contributed by atoms with Crippen LogP contribution in [-0.2, 0) is 21.8 Å². The Kier molecular flexibility index (Phi) is 8.24. The predicted octanol–water partition coefficient (Wildman–Crippen LogP) is 8.10. The van der Waals surface area contributed by atoms with Crippen LogP contribution in [0.3, 0.4) is 0 Å². The number of para-hydroxylation sites is 2.